The molecular formula is C8H16O2Zr. The van der Waals surface area contributed by atoms with Crippen molar-refractivity contribution >= 4 is 5.97 Å². The van der Waals surface area contributed by atoms with Crippen LogP contribution in [0.2, 0.25) is 0 Å². The third kappa shape index (κ3) is 13.4. The molecule has 0 aromatic rings. The van der Waals surface area contributed by atoms with Gasteiger partial charge in [-0.25, -0.2) is 0 Å². The smallest absolute Gasteiger partial charge is 0.303 e. The first-order valence-corrected chi connectivity index (χ1v) is 3.99. The Hall–Kier alpha value is 0.353. The molecule has 0 rings (SSSR count). The monoisotopic (exact) mass is 234 g/mol. The summed E-state index contributed by atoms with van der Waals surface area (Å²) in [5.41, 5.74) is 0. The van der Waals surface area contributed by atoms with E-state index in [0.29, 0.717) is 6.42 Å². The normalized spacial score (nSPS) is 8.82. The van der Waals surface area contributed by atoms with Crippen LogP contribution in [0.25, 0.3) is 0 Å². The van der Waals surface area contributed by atoms with E-state index in [0.717, 1.165) is 12.8 Å². The van der Waals surface area contributed by atoms with Gasteiger partial charge in [0.15, 0.2) is 0 Å². The third-order valence-electron chi connectivity index (χ3n) is 1.49. The molecule has 1 N–H and O–H groups in total. The minimum Gasteiger partial charge on any atom is -0.481 e. The van der Waals surface area contributed by atoms with E-state index in [-0.39, 0.29) is 26.2 Å². The van der Waals surface area contributed by atoms with E-state index in [9.17, 15) is 4.79 Å². The number of carboxylic acid groups (broad SMARTS) is 1. The van der Waals surface area contributed by atoms with Crippen LogP contribution in [-0.4, -0.2) is 11.1 Å². The van der Waals surface area contributed by atoms with Gasteiger partial charge in [-0.05, 0) is 6.42 Å². The molecule has 0 saturated carbocycles. The summed E-state index contributed by atoms with van der Waals surface area (Å²) in [6.07, 6.45) is 5.88. The first-order valence-electron chi connectivity index (χ1n) is 3.99. The largest absolute Gasteiger partial charge is 0.481 e. The zero-order valence-electron chi connectivity index (χ0n) is 7.10. The maximum Gasteiger partial charge on any atom is 0.303 e. The van der Waals surface area contributed by atoms with Gasteiger partial charge in [0.25, 0.3) is 0 Å². The molecule has 11 heavy (non-hydrogen) atoms. The second-order valence-corrected chi connectivity index (χ2v) is 2.56. The van der Waals surface area contributed by atoms with Gasteiger partial charge in [-0.15, -0.1) is 0 Å². The SMILES string of the molecule is CCCCCCCC(=O)O.[Zr]. The van der Waals surface area contributed by atoms with Crippen molar-refractivity contribution in [1.29, 1.82) is 0 Å². The minimum atomic E-state index is -0.670. The first kappa shape index (κ1) is 13.9. The molecule has 64 valence electrons. The Labute approximate surface area is 87.5 Å². The Morgan fingerprint density at radius 1 is 1.18 bits per heavy atom. The zero-order valence-corrected chi connectivity index (χ0v) is 9.56. The summed E-state index contributed by atoms with van der Waals surface area (Å²) in [5, 5.41) is 8.27. The fraction of sp³-hybridized carbons (Fsp3) is 0.875. The summed E-state index contributed by atoms with van der Waals surface area (Å²) in [5.74, 6) is -0.670. The molecule has 0 aromatic carbocycles. The molecule has 0 amide bonds. The Morgan fingerprint density at radius 2 is 1.73 bits per heavy atom. The van der Waals surface area contributed by atoms with Crippen LogP contribution in [0, 0.1) is 0 Å². The van der Waals surface area contributed by atoms with Crippen molar-refractivity contribution < 1.29 is 36.1 Å². The fourth-order valence-electron chi connectivity index (χ4n) is 0.880. The van der Waals surface area contributed by atoms with Crippen LogP contribution in [0.4, 0.5) is 0 Å². The van der Waals surface area contributed by atoms with E-state index in [1.807, 2.05) is 0 Å². The molecule has 0 bridgehead atoms. The maximum atomic E-state index is 10.0. The Bertz CT molecular complexity index is 94.1. The van der Waals surface area contributed by atoms with Gasteiger partial charge in [0.05, 0.1) is 0 Å². The predicted octanol–water partition coefficient (Wildman–Crippen LogP) is 2.43. The molecule has 0 heterocycles. The molecule has 0 atom stereocenters. The summed E-state index contributed by atoms with van der Waals surface area (Å²) in [4.78, 5) is 10.0. The van der Waals surface area contributed by atoms with E-state index >= 15 is 0 Å². The maximum absolute atomic E-state index is 10.0. The molecule has 0 saturated heterocycles. The van der Waals surface area contributed by atoms with Gasteiger partial charge in [-0.3, -0.25) is 4.79 Å². The molecule has 0 aliphatic rings. The molecular weight excluding hydrogens is 219 g/mol. The minimum absolute atomic E-state index is 0. The number of hydrogen-bond donors (Lipinski definition) is 1. The van der Waals surface area contributed by atoms with Crippen molar-refractivity contribution in [3.63, 3.8) is 0 Å². The van der Waals surface area contributed by atoms with Gasteiger partial charge in [-0.1, -0.05) is 32.6 Å². The molecule has 0 fully saturated rings. The zero-order chi connectivity index (χ0) is 7.82. The van der Waals surface area contributed by atoms with Gasteiger partial charge in [-0.2, -0.15) is 0 Å². The van der Waals surface area contributed by atoms with Crippen molar-refractivity contribution in [2.75, 3.05) is 0 Å². The molecule has 0 unspecified atom stereocenters. The number of rotatable bonds is 6. The molecule has 3 heteroatoms. The van der Waals surface area contributed by atoms with Gasteiger partial charge < -0.3 is 5.11 Å². The standard InChI is InChI=1S/C8H16O2.Zr/c1-2-3-4-5-6-7-8(9)10;/h2-7H2,1H3,(H,9,10);. The van der Waals surface area contributed by atoms with Crippen LogP contribution in [0.5, 0.6) is 0 Å². The number of aliphatic carboxylic acids is 1. The summed E-state index contributed by atoms with van der Waals surface area (Å²) in [7, 11) is 0. The molecule has 0 aromatic heterocycles. The van der Waals surface area contributed by atoms with Crippen LogP contribution in [0.15, 0.2) is 0 Å². The Kier molecular flexibility index (Phi) is 13.1. The number of hydrogen-bond acceptors (Lipinski definition) is 1. The van der Waals surface area contributed by atoms with E-state index in [1.165, 1.54) is 19.3 Å². The van der Waals surface area contributed by atoms with Crippen molar-refractivity contribution in [1.82, 2.24) is 0 Å². The van der Waals surface area contributed by atoms with Crippen LogP contribution in [-0.2, 0) is 31.0 Å². The number of carboxylic acids is 1. The van der Waals surface area contributed by atoms with Gasteiger partial charge in [0.2, 0.25) is 0 Å². The number of carbonyl (C=O) groups is 1. The van der Waals surface area contributed by atoms with Crippen molar-refractivity contribution in [3.8, 4) is 0 Å². The molecule has 0 aliphatic heterocycles. The summed E-state index contributed by atoms with van der Waals surface area (Å²) >= 11 is 0. The quantitative estimate of drug-likeness (QED) is 0.718. The van der Waals surface area contributed by atoms with Crippen molar-refractivity contribution in [3.05, 3.63) is 0 Å². The van der Waals surface area contributed by atoms with Gasteiger partial charge in [0.1, 0.15) is 0 Å². The fourth-order valence-corrected chi connectivity index (χ4v) is 0.880. The van der Waals surface area contributed by atoms with E-state index < -0.39 is 5.97 Å². The van der Waals surface area contributed by atoms with Crippen LogP contribution in [0.3, 0.4) is 0 Å². The van der Waals surface area contributed by atoms with Crippen LogP contribution >= 0.6 is 0 Å². The Morgan fingerprint density at radius 3 is 2.18 bits per heavy atom. The average molecular weight is 235 g/mol. The summed E-state index contributed by atoms with van der Waals surface area (Å²) < 4.78 is 0. The average Bonchev–Trinajstić information content (AvgIpc) is 1.87. The van der Waals surface area contributed by atoms with Crippen molar-refractivity contribution in [2.24, 2.45) is 0 Å². The number of unbranched alkanes of at least 4 members (excludes halogenated alkanes) is 4. The van der Waals surface area contributed by atoms with E-state index in [4.69, 9.17) is 5.11 Å². The first-order chi connectivity index (χ1) is 4.77. The molecule has 2 nitrogen and oxygen atoms in total. The van der Waals surface area contributed by atoms with Gasteiger partial charge >= 0.3 is 5.97 Å². The topological polar surface area (TPSA) is 37.3 Å². The van der Waals surface area contributed by atoms with Crippen LogP contribution < -0.4 is 0 Å². The summed E-state index contributed by atoms with van der Waals surface area (Å²) in [6, 6.07) is 0. The summed E-state index contributed by atoms with van der Waals surface area (Å²) in [6.45, 7) is 2.15. The Balaban J connectivity index is 0. The van der Waals surface area contributed by atoms with Gasteiger partial charge in [0, 0.05) is 32.6 Å². The third-order valence-corrected chi connectivity index (χ3v) is 1.49. The van der Waals surface area contributed by atoms with Crippen molar-refractivity contribution in [2.45, 2.75) is 45.4 Å². The molecule has 0 spiro atoms. The van der Waals surface area contributed by atoms with E-state index in [1.54, 1.807) is 0 Å². The van der Waals surface area contributed by atoms with E-state index in [2.05, 4.69) is 6.92 Å². The van der Waals surface area contributed by atoms with Crippen LogP contribution in [0.1, 0.15) is 45.4 Å². The predicted molar refractivity (Wildman–Crippen MR) is 41.0 cm³/mol. The second-order valence-electron chi connectivity index (χ2n) is 2.56. The molecule has 0 radical (unpaired) electrons. The second kappa shape index (κ2) is 10.4. The molecule has 0 aliphatic carbocycles.